The van der Waals surface area contributed by atoms with Gasteiger partial charge in [0.05, 0.1) is 6.10 Å². The minimum absolute atomic E-state index is 0.0269. The van der Waals surface area contributed by atoms with E-state index in [4.69, 9.17) is 4.74 Å². The molecule has 0 fully saturated rings. The molecule has 1 aliphatic rings. The summed E-state index contributed by atoms with van der Waals surface area (Å²) in [6.45, 7) is 5.77. The van der Waals surface area contributed by atoms with E-state index in [0.717, 1.165) is 18.5 Å². The number of hydrogen-bond donors (Lipinski definition) is 1. The van der Waals surface area contributed by atoms with Crippen molar-refractivity contribution in [3.63, 3.8) is 0 Å². The van der Waals surface area contributed by atoms with Crippen molar-refractivity contribution in [3.05, 3.63) is 42.0 Å². The van der Waals surface area contributed by atoms with Crippen LogP contribution >= 0.6 is 0 Å². The average Bonchev–Trinajstić information content (AvgIpc) is 2.94. The summed E-state index contributed by atoms with van der Waals surface area (Å²) >= 11 is 0. The van der Waals surface area contributed by atoms with Gasteiger partial charge in [0.15, 0.2) is 0 Å². The molecule has 1 aromatic carbocycles. The fraction of sp³-hybridized carbons (Fsp3) is 0.412. The van der Waals surface area contributed by atoms with Crippen LogP contribution in [0.3, 0.4) is 0 Å². The van der Waals surface area contributed by atoms with Crippen LogP contribution in [0, 0.1) is 0 Å². The van der Waals surface area contributed by atoms with Gasteiger partial charge in [-0.2, -0.15) is 0 Å². The lowest BCUT2D eigenvalue weighted by Crippen LogP contribution is -2.36. The second-order valence-electron chi connectivity index (χ2n) is 5.35. The first-order valence-corrected chi connectivity index (χ1v) is 7.43. The molecular formula is C17H22N2O3. The van der Waals surface area contributed by atoms with E-state index >= 15 is 0 Å². The van der Waals surface area contributed by atoms with E-state index in [1.54, 1.807) is 7.11 Å². The Morgan fingerprint density at radius 1 is 1.41 bits per heavy atom. The van der Waals surface area contributed by atoms with Crippen LogP contribution in [-0.4, -0.2) is 43.0 Å². The van der Waals surface area contributed by atoms with E-state index in [0.29, 0.717) is 6.54 Å². The number of benzene rings is 1. The molecule has 2 rings (SSSR count). The van der Waals surface area contributed by atoms with E-state index in [1.165, 1.54) is 22.1 Å². The fourth-order valence-electron chi connectivity index (χ4n) is 2.67. The minimum atomic E-state index is -0.241. The molecule has 1 unspecified atom stereocenters. The van der Waals surface area contributed by atoms with Crippen LogP contribution in [0.15, 0.2) is 30.9 Å². The lowest BCUT2D eigenvalue weighted by atomic mass is 10.1. The summed E-state index contributed by atoms with van der Waals surface area (Å²) in [4.78, 5) is 25.1. The number of carbonyl (C=O) groups is 2. The van der Waals surface area contributed by atoms with Crippen molar-refractivity contribution < 1.29 is 14.3 Å². The molecular weight excluding hydrogens is 280 g/mol. The molecule has 0 spiro atoms. The molecule has 0 aliphatic heterocycles. The van der Waals surface area contributed by atoms with Gasteiger partial charge < -0.3 is 15.0 Å². The van der Waals surface area contributed by atoms with Crippen molar-refractivity contribution in [3.8, 4) is 0 Å². The number of anilines is 1. The molecule has 0 aromatic heterocycles. The van der Waals surface area contributed by atoms with Gasteiger partial charge in [-0.25, -0.2) is 0 Å². The molecule has 118 valence electrons. The zero-order valence-corrected chi connectivity index (χ0v) is 13.1. The van der Waals surface area contributed by atoms with Gasteiger partial charge in [0.2, 0.25) is 11.8 Å². The summed E-state index contributed by atoms with van der Waals surface area (Å²) in [6, 6.07) is 5.90. The van der Waals surface area contributed by atoms with Crippen LogP contribution in [0.25, 0.3) is 0 Å². The first-order chi connectivity index (χ1) is 10.6. The molecule has 1 aromatic rings. The van der Waals surface area contributed by atoms with E-state index in [9.17, 15) is 9.59 Å². The van der Waals surface area contributed by atoms with Gasteiger partial charge in [0.1, 0.15) is 6.54 Å². The highest BCUT2D eigenvalue weighted by atomic mass is 16.5. The number of fused-ring (bicyclic) bond motifs is 1. The Hall–Kier alpha value is -2.14. The van der Waals surface area contributed by atoms with E-state index in [-0.39, 0.29) is 24.5 Å². The van der Waals surface area contributed by atoms with Crippen molar-refractivity contribution in [1.82, 2.24) is 4.90 Å². The zero-order valence-electron chi connectivity index (χ0n) is 13.1. The summed E-state index contributed by atoms with van der Waals surface area (Å²) in [5.41, 5.74) is 3.23. The fourth-order valence-corrected chi connectivity index (χ4v) is 2.67. The molecule has 0 saturated heterocycles. The van der Waals surface area contributed by atoms with E-state index in [1.807, 2.05) is 25.1 Å². The third-order valence-corrected chi connectivity index (χ3v) is 3.92. The van der Waals surface area contributed by atoms with E-state index < -0.39 is 0 Å². The molecule has 1 atom stereocenters. The van der Waals surface area contributed by atoms with Crippen molar-refractivity contribution in [1.29, 1.82) is 0 Å². The normalized spacial score (nSPS) is 16.0. The largest absolute Gasteiger partial charge is 0.381 e. The highest BCUT2D eigenvalue weighted by molar-refractivity contribution is 5.96. The summed E-state index contributed by atoms with van der Waals surface area (Å²) in [5.74, 6) is -0.451. The molecule has 0 saturated carbocycles. The lowest BCUT2D eigenvalue weighted by molar-refractivity contribution is -0.130. The third-order valence-electron chi connectivity index (χ3n) is 3.92. The molecule has 1 aliphatic carbocycles. The summed E-state index contributed by atoms with van der Waals surface area (Å²) in [5, 5.41) is 2.84. The van der Waals surface area contributed by atoms with Crippen LogP contribution in [0.4, 0.5) is 5.69 Å². The molecule has 0 radical (unpaired) electrons. The SMILES string of the molecule is C=CC(=O)N(CC)CC(=O)Nc1ccc2c(c1)CC(OC)C2. The molecule has 0 bridgehead atoms. The number of methoxy groups -OCH3 is 1. The van der Waals surface area contributed by atoms with Crippen molar-refractivity contribution in [2.45, 2.75) is 25.9 Å². The van der Waals surface area contributed by atoms with Crippen molar-refractivity contribution >= 4 is 17.5 Å². The number of ether oxygens (including phenoxy) is 1. The standard InChI is InChI=1S/C17H22N2O3/c1-4-17(21)19(5-2)11-16(20)18-14-7-6-12-9-15(22-3)10-13(12)8-14/h4,6-8,15H,1,5,9-11H2,2-3H3,(H,18,20). The van der Waals surface area contributed by atoms with Gasteiger partial charge in [-0.05, 0) is 49.1 Å². The molecule has 2 amide bonds. The molecule has 0 heterocycles. The molecule has 22 heavy (non-hydrogen) atoms. The average molecular weight is 302 g/mol. The topological polar surface area (TPSA) is 58.6 Å². The Balaban J connectivity index is 1.98. The second-order valence-corrected chi connectivity index (χ2v) is 5.35. The number of hydrogen-bond acceptors (Lipinski definition) is 3. The quantitative estimate of drug-likeness (QED) is 0.815. The highest BCUT2D eigenvalue weighted by Crippen LogP contribution is 2.26. The van der Waals surface area contributed by atoms with Gasteiger partial charge in [-0.3, -0.25) is 9.59 Å². The predicted molar refractivity (Wildman–Crippen MR) is 85.7 cm³/mol. The smallest absolute Gasteiger partial charge is 0.246 e. The summed E-state index contributed by atoms with van der Waals surface area (Å²) in [7, 11) is 1.72. The maximum Gasteiger partial charge on any atom is 0.246 e. The van der Waals surface area contributed by atoms with Gasteiger partial charge >= 0.3 is 0 Å². The Bertz CT molecular complexity index is 583. The monoisotopic (exact) mass is 302 g/mol. The van der Waals surface area contributed by atoms with Crippen LogP contribution in [-0.2, 0) is 27.2 Å². The number of nitrogens with zero attached hydrogens (tertiary/aromatic N) is 1. The van der Waals surface area contributed by atoms with Crippen LogP contribution in [0.5, 0.6) is 0 Å². The van der Waals surface area contributed by atoms with Gasteiger partial charge in [0, 0.05) is 19.3 Å². The van der Waals surface area contributed by atoms with Gasteiger partial charge in [-0.1, -0.05) is 12.6 Å². The number of nitrogens with one attached hydrogen (secondary N) is 1. The highest BCUT2D eigenvalue weighted by Gasteiger charge is 2.21. The van der Waals surface area contributed by atoms with Gasteiger partial charge in [-0.15, -0.1) is 0 Å². The van der Waals surface area contributed by atoms with Crippen LogP contribution in [0.1, 0.15) is 18.1 Å². The second kappa shape index (κ2) is 7.22. The minimum Gasteiger partial charge on any atom is -0.381 e. The zero-order chi connectivity index (χ0) is 16.1. The number of rotatable bonds is 6. The number of carbonyl (C=O) groups excluding carboxylic acids is 2. The summed E-state index contributed by atoms with van der Waals surface area (Å²) < 4.78 is 5.38. The Kier molecular flexibility index (Phi) is 5.33. The molecule has 5 heteroatoms. The third kappa shape index (κ3) is 3.74. The van der Waals surface area contributed by atoms with E-state index in [2.05, 4.69) is 11.9 Å². The van der Waals surface area contributed by atoms with Crippen LogP contribution < -0.4 is 5.32 Å². The van der Waals surface area contributed by atoms with Crippen molar-refractivity contribution in [2.24, 2.45) is 0 Å². The van der Waals surface area contributed by atoms with Crippen LogP contribution in [0.2, 0.25) is 0 Å². The maximum absolute atomic E-state index is 12.1. The number of amides is 2. The predicted octanol–water partition coefficient (Wildman–Crippen LogP) is 1.77. The number of likely N-dealkylation sites (N-methyl/N-ethyl adjacent to an activating group) is 1. The molecule has 1 N–H and O–H groups in total. The van der Waals surface area contributed by atoms with Crippen molar-refractivity contribution in [2.75, 3.05) is 25.5 Å². The molecule has 5 nitrogen and oxygen atoms in total. The first-order valence-electron chi connectivity index (χ1n) is 7.43. The summed E-state index contributed by atoms with van der Waals surface area (Å²) in [6.07, 6.45) is 3.22. The Morgan fingerprint density at radius 2 is 2.14 bits per heavy atom. The first kappa shape index (κ1) is 16.2. The maximum atomic E-state index is 12.1. The Labute approximate surface area is 130 Å². The Morgan fingerprint density at radius 3 is 2.77 bits per heavy atom. The van der Waals surface area contributed by atoms with Gasteiger partial charge in [0.25, 0.3) is 0 Å². The lowest BCUT2D eigenvalue weighted by Gasteiger charge is -2.18.